The molecule has 1 aliphatic rings. The molecule has 3 aromatic carbocycles. The van der Waals surface area contributed by atoms with Crippen LogP contribution in [0.2, 0.25) is 0 Å². The van der Waals surface area contributed by atoms with Gasteiger partial charge in [-0.1, -0.05) is 55.0 Å². The number of hydrogen-bond donors (Lipinski definition) is 2. The summed E-state index contributed by atoms with van der Waals surface area (Å²) in [6, 6.07) is 22.9. The van der Waals surface area contributed by atoms with Crippen molar-refractivity contribution < 1.29 is 13.2 Å². The van der Waals surface area contributed by atoms with Gasteiger partial charge in [0.05, 0.1) is 4.90 Å². The first-order chi connectivity index (χ1) is 16.0. The average Bonchev–Trinajstić information content (AvgIpc) is 2.84. The first kappa shape index (κ1) is 23.0. The number of sulfonamides is 1. The monoisotopic (exact) mass is 463 g/mol. The second-order valence-electron chi connectivity index (χ2n) is 8.29. The van der Waals surface area contributed by atoms with E-state index in [2.05, 4.69) is 21.0 Å². The van der Waals surface area contributed by atoms with Crippen molar-refractivity contribution in [3.8, 4) is 0 Å². The molecule has 0 aromatic heterocycles. The number of rotatable bonds is 8. The molecule has 1 aliphatic heterocycles. The molecular weight excluding hydrogens is 434 g/mol. The summed E-state index contributed by atoms with van der Waals surface area (Å²) in [7, 11) is -3.72. The number of carbonyl (C=O) groups is 1. The number of carbonyl (C=O) groups excluding carboxylic acids is 1. The molecule has 172 valence electrons. The van der Waals surface area contributed by atoms with Gasteiger partial charge in [0.25, 0.3) is 15.9 Å². The molecule has 33 heavy (non-hydrogen) atoms. The normalized spacial score (nSPS) is 14.5. The van der Waals surface area contributed by atoms with Crippen molar-refractivity contribution in [1.82, 2.24) is 10.2 Å². The highest BCUT2D eigenvalue weighted by molar-refractivity contribution is 7.92. The van der Waals surface area contributed by atoms with Gasteiger partial charge >= 0.3 is 0 Å². The molecular formula is C26H29N3O3S. The van der Waals surface area contributed by atoms with Crippen molar-refractivity contribution in [2.45, 2.75) is 37.2 Å². The van der Waals surface area contributed by atoms with Gasteiger partial charge in [-0.25, -0.2) is 8.42 Å². The smallest absolute Gasteiger partial charge is 0.261 e. The summed E-state index contributed by atoms with van der Waals surface area (Å²) in [6.07, 6.45) is 3.78. The minimum atomic E-state index is -3.72. The molecule has 1 saturated heterocycles. The highest BCUT2D eigenvalue weighted by Gasteiger charge is 2.16. The van der Waals surface area contributed by atoms with E-state index in [4.69, 9.17) is 0 Å². The van der Waals surface area contributed by atoms with Gasteiger partial charge < -0.3 is 5.32 Å². The number of piperidine rings is 1. The molecule has 0 aliphatic carbocycles. The van der Waals surface area contributed by atoms with E-state index in [9.17, 15) is 13.2 Å². The molecule has 3 aromatic rings. The molecule has 0 saturated carbocycles. The third kappa shape index (κ3) is 6.21. The van der Waals surface area contributed by atoms with Crippen molar-refractivity contribution in [1.29, 1.82) is 0 Å². The maximum Gasteiger partial charge on any atom is 0.261 e. The zero-order chi connectivity index (χ0) is 23.1. The second-order valence-corrected chi connectivity index (χ2v) is 9.97. The van der Waals surface area contributed by atoms with Crippen LogP contribution in [0.3, 0.4) is 0 Å². The van der Waals surface area contributed by atoms with Crippen molar-refractivity contribution in [3.05, 3.63) is 95.6 Å². The van der Waals surface area contributed by atoms with Gasteiger partial charge in [0.15, 0.2) is 0 Å². The number of anilines is 1. The fraction of sp³-hybridized carbons (Fsp3) is 0.269. The Labute approximate surface area is 195 Å². The molecule has 0 radical (unpaired) electrons. The number of hydrogen-bond acceptors (Lipinski definition) is 4. The summed E-state index contributed by atoms with van der Waals surface area (Å²) < 4.78 is 27.7. The molecule has 1 amide bonds. The number of amides is 1. The summed E-state index contributed by atoms with van der Waals surface area (Å²) in [5.41, 5.74) is 3.07. The zero-order valence-corrected chi connectivity index (χ0v) is 19.4. The Morgan fingerprint density at radius 1 is 0.818 bits per heavy atom. The van der Waals surface area contributed by atoms with Crippen LogP contribution in [0.15, 0.2) is 83.8 Å². The first-order valence-electron chi connectivity index (χ1n) is 11.3. The van der Waals surface area contributed by atoms with Crippen LogP contribution >= 0.6 is 0 Å². The molecule has 0 atom stereocenters. The Morgan fingerprint density at radius 3 is 2.27 bits per heavy atom. The Bertz CT molecular complexity index is 1190. The molecule has 1 fully saturated rings. The Hall–Kier alpha value is -3.16. The summed E-state index contributed by atoms with van der Waals surface area (Å²) in [4.78, 5) is 15.4. The van der Waals surface area contributed by atoms with Gasteiger partial charge in [-0.15, -0.1) is 0 Å². The second kappa shape index (κ2) is 10.6. The lowest BCUT2D eigenvalue weighted by molar-refractivity contribution is 0.0950. The molecule has 6 nitrogen and oxygen atoms in total. The Balaban J connectivity index is 1.41. The molecule has 0 unspecified atom stereocenters. The van der Waals surface area contributed by atoms with Gasteiger partial charge in [-0.3, -0.25) is 14.4 Å². The van der Waals surface area contributed by atoms with Gasteiger partial charge in [0.1, 0.15) is 0 Å². The first-order valence-corrected chi connectivity index (χ1v) is 12.7. The van der Waals surface area contributed by atoms with E-state index in [1.54, 1.807) is 42.5 Å². The Kier molecular flexibility index (Phi) is 7.42. The van der Waals surface area contributed by atoms with E-state index in [1.807, 2.05) is 18.2 Å². The van der Waals surface area contributed by atoms with E-state index < -0.39 is 10.0 Å². The molecule has 1 heterocycles. The lowest BCUT2D eigenvalue weighted by Gasteiger charge is -2.27. The van der Waals surface area contributed by atoms with Crippen LogP contribution in [0.5, 0.6) is 0 Å². The predicted molar refractivity (Wildman–Crippen MR) is 130 cm³/mol. The van der Waals surface area contributed by atoms with Crippen LogP contribution < -0.4 is 10.0 Å². The average molecular weight is 464 g/mol. The number of nitrogens with one attached hydrogen (secondary N) is 2. The molecule has 4 rings (SSSR count). The maximum absolute atomic E-state index is 12.8. The van der Waals surface area contributed by atoms with Crippen LogP contribution in [0, 0.1) is 0 Å². The highest BCUT2D eigenvalue weighted by Crippen LogP contribution is 2.18. The third-order valence-electron chi connectivity index (χ3n) is 5.83. The van der Waals surface area contributed by atoms with Crippen molar-refractivity contribution in [2.75, 3.05) is 17.8 Å². The van der Waals surface area contributed by atoms with Gasteiger partial charge in [0, 0.05) is 24.3 Å². The molecule has 2 N–H and O–H groups in total. The minimum absolute atomic E-state index is 0.171. The SMILES string of the molecule is O=C(NCc1ccccc1CN1CCCCC1)c1cccc(NS(=O)(=O)c2ccccc2)c1. The number of likely N-dealkylation sites (tertiary alicyclic amines) is 1. The maximum atomic E-state index is 12.8. The fourth-order valence-corrected chi connectivity index (χ4v) is 5.13. The summed E-state index contributed by atoms with van der Waals surface area (Å²) in [5.74, 6) is -0.247. The van der Waals surface area contributed by atoms with Crippen molar-refractivity contribution >= 4 is 21.6 Å². The summed E-state index contributed by atoms with van der Waals surface area (Å²) in [5, 5.41) is 2.98. The molecule has 0 spiro atoms. The summed E-state index contributed by atoms with van der Waals surface area (Å²) in [6.45, 7) is 3.55. The van der Waals surface area contributed by atoms with Crippen molar-refractivity contribution in [3.63, 3.8) is 0 Å². The van der Waals surface area contributed by atoms with Gasteiger partial charge in [-0.2, -0.15) is 0 Å². The topological polar surface area (TPSA) is 78.5 Å². The number of nitrogens with zero attached hydrogens (tertiary/aromatic N) is 1. The minimum Gasteiger partial charge on any atom is -0.348 e. The van der Waals surface area contributed by atoms with Crippen LogP contribution in [0.25, 0.3) is 0 Å². The van der Waals surface area contributed by atoms with Crippen LogP contribution in [-0.2, 0) is 23.1 Å². The van der Waals surface area contributed by atoms with Crippen LogP contribution in [0.4, 0.5) is 5.69 Å². The van der Waals surface area contributed by atoms with E-state index in [0.717, 1.165) is 25.2 Å². The van der Waals surface area contributed by atoms with E-state index in [0.29, 0.717) is 17.8 Å². The quantitative estimate of drug-likeness (QED) is 0.519. The largest absolute Gasteiger partial charge is 0.348 e. The number of benzene rings is 3. The van der Waals surface area contributed by atoms with Crippen molar-refractivity contribution in [2.24, 2.45) is 0 Å². The van der Waals surface area contributed by atoms with E-state index in [1.165, 1.54) is 37.0 Å². The van der Waals surface area contributed by atoms with Crippen LogP contribution in [0.1, 0.15) is 40.7 Å². The van der Waals surface area contributed by atoms with Gasteiger partial charge in [0.2, 0.25) is 0 Å². The van der Waals surface area contributed by atoms with E-state index >= 15 is 0 Å². The summed E-state index contributed by atoms with van der Waals surface area (Å²) >= 11 is 0. The fourth-order valence-electron chi connectivity index (χ4n) is 4.06. The molecule has 7 heteroatoms. The third-order valence-corrected chi connectivity index (χ3v) is 7.23. The van der Waals surface area contributed by atoms with Gasteiger partial charge in [-0.05, 0) is 67.4 Å². The predicted octanol–water partition coefficient (Wildman–Crippen LogP) is 4.40. The standard InChI is InChI=1S/C26H29N3O3S/c30-26(27-19-22-10-5-6-11-23(22)20-29-16-7-2-8-17-29)21-12-9-13-24(18-21)28-33(31,32)25-14-3-1-4-15-25/h1,3-6,9-15,18,28H,2,7-8,16-17,19-20H2,(H,27,30). The highest BCUT2D eigenvalue weighted by atomic mass is 32.2. The molecule has 0 bridgehead atoms. The zero-order valence-electron chi connectivity index (χ0n) is 18.5. The Morgan fingerprint density at radius 2 is 1.52 bits per heavy atom. The lowest BCUT2D eigenvalue weighted by Crippen LogP contribution is -2.30. The van der Waals surface area contributed by atoms with Crippen LogP contribution in [-0.4, -0.2) is 32.3 Å². The van der Waals surface area contributed by atoms with E-state index in [-0.39, 0.29) is 10.8 Å². The lowest BCUT2D eigenvalue weighted by atomic mass is 10.0.